The Morgan fingerprint density at radius 1 is 1.07 bits per heavy atom. The average molecular weight is 449 g/mol. The highest BCUT2D eigenvalue weighted by Crippen LogP contribution is 2.29. The Morgan fingerprint density at radius 2 is 1.80 bits per heavy atom. The number of fused-ring (bicyclic) bond motifs is 1. The van der Waals surface area contributed by atoms with Crippen molar-refractivity contribution in [3.8, 4) is 0 Å². The number of carbonyl (C=O) groups excluding carboxylic acids is 1. The maximum Gasteiger partial charge on any atom is 0.230 e. The van der Waals surface area contributed by atoms with Gasteiger partial charge in [-0.3, -0.25) is 9.69 Å². The predicted molar refractivity (Wildman–Crippen MR) is 118 cm³/mol. The molecule has 0 atom stereocenters. The number of aromatic nitrogens is 1. The van der Waals surface area contributed by atoms with Crippen LogP contribution in [0.5, 0.6) is 0 Å². The van der Waals surface area contributed by atoms with Crippen molar-refractivity contribution in [2.75, 3.05) is 49.9 Å². The number of hydrogen-bond donors (Lipinski definition) is 1. The Kier molecular flexibility index (Phi) is 6.81. The number of nitrogens with zero attached hydrogens (tertiary/aromatic N) is 3. The Balaban J connectivity index is 1.16. The molecule has 0 unspecified atom stereocenters. The van der Waals surface area contributed by atoms with Crippen LogP contribution in [0.3, 0.4) is 0 Å². The van der Waals surface area contributed by atoms with Crippen LogP contribution in [0.2, 0.25) is 0 Å². The maximum atomic E-state index is 13.4. The SMILES string of the molecule is O=C(CSc1ccc(F)cc1)NCCN1CCN(c2nc3ccc(F)cc3s2)CC1. The monoisotopic (exact) mass is 448 g/mol. The van der Waals surface area contributed by atoms with Gasteiger partial charge in [-0.05, 0) is 42.5 Å². The van der Waals surface area contributed by atoms with Gasteiger partial charge in [-0.15, -0.1) is 11.8 Å². The van der Waals surface area contributed by atoms with Gasteiger partial charge in [0, 0.05) is 44.2 Å². The van der Waals surface area contributed by atoms with E-state index in [0.717, 1.165) is 53.0 Å². The van der Waals surface area contributed by atoms with E-state index >= 15 is 0 Å². The molecule has 5 nitrogen and oxygen atoms in total. The molecule has 2 aromatic carbocycles. The molecule has 1 aromatic heterocycles. The Morgan fingerprint density at radius 3 is 2.57 bits per heavy atom. The largest absolute Gasteiger partial charge is 0.354 e. The van der Waals surface area contributed by atoms with Crippen LogP contribution in [0.1, 0.15) is 0 Å². The number of rotatable bonds is 7. The molecule has 1 aliphatic heterocycles. The van der Waals surface area contributed by atoms with E-state index in [-0.39, 0.29) is 17.5 Å². The molecular formula is C21H22F2N4OS2. The fourth-order valence-electron chi connectivity index (χ4n) is 3.27. The molecule has 0 aliphatic carbocycles. The van der Waals surface area contributed by atoms with E-state index in [1.165, 1.54) is 47.4 Å². The topological polar surface area (TPSA) is 48.5 Å². The van der Waals surface area contributed by atoms with Crippen molar-refractivity contribution in [2.45, 2.75) is 4.90 Å². The molecule has 2 heterocycles. The fraction of sp³-hybridized carbons (Fsp3) is 0.333. The fourth-order valence-corrected chi connectivity index (χ4v) is 5.04. The van der Waals surface area contributed by atoms with Crippen LogP contribution in [0.4, 0.5) is 13.9 Å². The lowest BCUT2D eigenvalue weighted by Crippen LogP contribution is -2.48. The van der Waals surface area contributed by atoms with Gasteiger partial charge >= 0.3 is 0 Å². The van der Waals surface area contributed by atoms with E-state index in [1.54, 1.807) is 18.2 Å². The molecule has 1 N–H and O–H groups in total. The molecule has 0 bridgehead atoms. The minimum atomic E-state index is -0.277. The zero-order valence-corrected chi connectivity index (χ0v) is 17.9. The molecule has 0 spiro atoms. The average Bonchev–Trinajstić information content (AvgIpc) is 3.17. The zero-order valence-electron chi connectivity index (χ0n) is 16.3. The molecule has 4 rings (SSSR count). The number of hydrogen-bond acceptors (Lipinski definition) is 6. The van der Waals surface area contributed by atoms with Crippen LogP contribution < -0.4 is 10.2 Å². The van der Waals surface area contributed by atoms with Crippen molar-refractivity contribution in [2.24, 2.45) is 0 Å². The quantitative estimate of drug-likeness (QED) is 0.560. The molecule has 1 saturated heterocycles. The number of carbonyl (C=O) groups is 1. The first-order valence-corrected chi connectivity index (χ1v) is 11.6. The maximum absolute atomic E-state index is 13.4. The molecule has 158 valence electrons. The van der Waals surface area contributed by atoms with Crippen molar-refractivity contribution >= 4 is 44.4 Å². The third-order valence-corrected chi connectivity index (χ3v) is 7.01. The van der Waals surface area contributed by atoms with E-state index in [2.05, 4.69) is 20.1 Å². The number of piperazine rings is 1. The molecule has 1 amide bonds. The van der Waals surface area contributed by atoms with Crippen LogP contribution in [-0.2, 0) is 4.79 Å². The number of nitrogens with one attached hydrogen (secondary N) is 1. The molecule has 0 radical (unpaired) electrons. The number of benzene rings is 2. The second-order valence-corrected chi connectivity index (χ2v) is 9.09. The predicted octanol–water partition coefficient (Wildman–Crippen LogP) is 3.61. The summed E-state index contributed by atoms with van der Waals surface area (Å²) in [7, 11) is 0. The summed E-state index contributed by atoms with van der Waals surface area (Å²) in [5, 5.41) is 3.87. The lowest BCUT2D eigenvalue weighted by atomic mass is 10.3. The lowest BCUT2D eigenvalue weighted by molar-refractivity contribution is -0.118. The van der Waals surface area contributed by atoms with Crippen molar-refractivity contribution < 1.29 is 13.6 Å². The van der Waals surface area contributed by atoms with Gasteiger partial charge in [-0.25, -0.2) is 13.8 Å². The Bertz CT molecular complexity index is 1000. The normalized spacial score (nSPS) is 14.9. The molecule has 3 aromatic rings. The molecule has 9 heteroatoms. The molecule has 1 aliphatic rings. The van der Waals surface area contributed by atoms with Gasteiger partial charge in [0.1, 0.15) is 11.6 Å². The van der Waals surface area contributed by atoms with Gasteiger partial charge in [-0.2, -0.15) is 0 Å². The smallest absolute Gasteiger partial charge is 0.230 e. The third-order valence-electron chi connectivity index (χ3n) is 4.92. The van der Waals surface area contributed by atoms with Gasteiger partial charge in [0.15, 0.2) is 5.13 Å². The van der Waals surface area contributed by atoms with Gasteiger partial charge in [0.25, 0.3) is 0 Å². The van der Waals surface area contributed by atoms with Crippen LogP contribution in [0.15, 0.2) is 47.4 Å². The number of amides is 1. The molecular weight excluding hydrogens is 426 g/mol. The molecule has 0 saturated carbocycles. The minimum Gasteiger partial charge on any atom is -0.354 e. The minimum absolute atomic E-state index is 0.0235. The third kappa shape index (κ3) is 5.47. The Labute approximate surface area is 182 Å². The molecule has 1 fully saturated rings. The second-order valence-electron chi connectivity index (χ2n) is 7.03. The number of thiazole rings is 1. The van der Waals surface area contributed by atoms with Crippen molar-refractivity contribution in [1.82, 2.24) is 15.2 Å². The summed E-state index contributed by atoms with van der Waals surface area (Å²) in [6.07, 6.45) is 0. The summed E-state index contributed by atoms with van der Waals surface area (Å²) >= 11 is 2.92. The van der Waals surface area contributed by atoms with Gasteiger partial charge in [0.2, 0.25) is 5.91 Å². The van der Waals surface area contributed by atoms with E-state index in [1.807, 2.05) is 0 Å². The van der Waals surface area contributed by atoms with Crippen molar-refractivity contribution in [1.29, 1.82) is 0 Å². The van der Waals surface area contributed by atoms with Crippen molar-refractivity contribution in [3.63, 3.8) is 0 Å². The van der Waals surface area contributed by atoms with Crippen LogP contribution in [-0.4, -0.2) is 60.8 Å². The summed E-state index contributed by atoms with van der Waals surface area (Å²) in [5.74, 6) is -0.219. The van der Waals surface area contributed by atoms with Crippen LogP contribution in [0, 0.1) is 11.6 Å². The number of anilines is 1. The van der Waals surface area contributed by atoms with E-state index in [9.17, 15) is 13.6 Å². The highest BCUT2D eigenvalue weighted by atomic mass is 32.2. The number of thioether (sulfide) groups is 1. The Hall–Kier alpha value is -2.23. The first kappa shape index (κ1) is 21.0. The van der Waals surface area contributed by atoms with E-state index in [0.29, 0.717) is 12.3 Å². The summed E-state index contributed by atoms with van der Waals surface area (Å²) in [4.78, 5) is 22.0. The standard InChI is InChI=1S/C21H22F2N4OS2/c22-15-1-4-17(5-2-15)29-14-20(28)24-7-8-26-9-11-27(12-10-26)21-25-18-6-3-16(23)13-19(18)30-21/h1-6,13H,7-12,14H2,(H,24,28). The second kappa shape index (κ2) is 9.72. The first-order chi connectivity index (χ1) is 14.6. The summed E-state index contributed by atoms with van der Waals surface area (Å²) in [6, 6.07) is 10.8. The highest BCUT2D eigenvalue weighted by molar-refractivity contribution is 8.00. The lowest BCUT2D eigenvalue weighted by Gasteiger charge is -2.34. The zero-order chi connectivity index (χ0) is 20.9. The van der Waals surface area contributed by atoms with Gasteiger partial charge < -0.3 is 10.2 Å². The number of halogens is 2. The van der Waals surface area contributed by atoms with Crippen LogP contribution in [0.25, 0.3) is 10.2 Å². The summed E-state index contributed by atoms with van der Waals surface area (Å²) in [5.41, 5.74) is 0.833. The first-order valence-electron chi connectivity index (χ1n) is 9.75. The molecule has 30 heavy (non-hydrogen) atoms. The highest BCUT2D eigenvalue weighted by Gasteiger charge is 2.20. The summed E-state index contributed by atoms with van der Waals surface area (Å²) < 4.78 is 27.1. The van der Waals surface area contributed by atoms with E-state index in [4.69, 9.17) is 0 Å². The van der Waals surface area contributed by atoms with E-state index < -0.39 is 0 Å². The van der Waals surface area contributed by atoms with Gasteiger partial charge in [0.05, 0.1) is 16.0 Å². The van der Waals surface area contributed by atoms with Crippen molar-refractivity contribution in [3.05, 3.63) is 54.1 Å². The van der Waals surface area contributed by atoms with Gasteiger partial charge in [-0.1, -0.05) is 11.3 Å². The summed E-state index contributed by atoms with van der Waals surface area (Å²) in [6.45, 7) is 4.90. The van der Waals surface area contributed by atoms with Crippen LogP contribution >= 0.6 is 23.1 Å².